The molecule has 0 fully saturated rings. The van der Waals surface area contributed by atoms with Crippen LogP contribution in [0.25, 0.3) is 0 Å². The lowest BCUT2D eigenvalue weighted by Gasteiger charge is -2.02. The van der Waals surface area contributed by atoms with E-state index in [1.807, 2.05) is 0 Å². The van der Waals surface area contributed by atoms with Gasteiger partial charge in [0.1, 0.15) is 9.53 Å². The number of rotatable bonds is 1. The highest BCUT2D eigenvalue weighted by Crippen LogP contribution is 1.92. The van der Waals surface area contributed by atoms with Crippen LogP contribution >= 0.6 is 0 Å². The fourth-order valence-electron chi connectivity index (χ4n) is 0.139. The van der Waals surface area contributed by atoms with E-state index >= 15 is 0 Å². The lowest BCUT2D eigenvalue weighted by molar-refractivity contribution is 0.445. The first-order chi connectivity index (χ1) is 3.71. The van der Waals surface area contributed by atoms with E-state index in [4.69, 9.17) is 18.2 Å². The Morgan fingerprint density at radius 1 is 1.33 bits per heavy atom. The molecule has 0 radical (unpaired) electrons. The SMILES string of the molecule is O=S(O)(O)=[SH][SH](=O)(O)O. The minimum atomic E-state index is -4.59. The molecular formula is H6O6S3. The molecule has 0 aromatic heterocycles. The number of thiol groups is 2. The van der Waals surface area contributed by atoms with Crippen molar-refractivity contribution in [1.82, 2.24) is 0 Å². The summed E-state index contributed by atoms with van der Waals surface area (Å²) in [6, 6.07) is 0. The number of hydrogen-bond donors (Lipinski definition) is 6. The molecule has 0 heterocycles. The maximum atomic E-state index is 9.83. The fraction of sp³-hybridized carbons (Fsp3) is 0. The van der Waals surface area contributed by atoms with Gasteiger partial charge in [0.15, 0.2) is 0 Å². The molecule has 0 saturated heterocycles. The van der Waals surface area contributed by atoms with Crippen LogP contribution in [0.4, 0.5) is 0 Å². The van der Waals surface area contributed by atoms with E-state index in [0.717, 1.165) is 0 Å². The van der Waals surface area contributed by atoms with Crippen LogP contribution in [0.2, 0.25) is 0 Å². The monoisotopic (exact) mass is 198 g/mol. The summed E-state index contributed by atoms with van der Waals surface area (Å²) in [5.74, 6) is 0. The van der Waals surface area contributed by atoms with Crippen LogP contribution in [-0.4, -0.2) is 26.6 Å². The molecule has 0 rings (SSSR count). The van der Waals surface area contributed by atoms with E-state index < -0.39 is 27.9 Å². The molecule has 0 aromatic rings. The Bertz CT molecular complexity index is 227. The van der Waals surface area contributed by atoms with Gasteiger partial charge in [0, 0.05) is 9.35 Å². The van der Waals surface area contributed by atoms with Crippen molar-refractivity contribution in [1.29, 1.82) is 0 Å². The van der Waals surface area contributed by atoms with Crippen molar-refractivity contribution in [2.75, 3.05) is 0 Å². The van der Waals surface area contributed by atoms with Crippen LogP contribution in [0, 0.1) is 0 Å². The largest absolute Gasteiger partial charge is 0.302 e. The third-order valence-electron chi connectivity index (χ3n) is 0.213. The third-order valence-corrected chi connectivity index (χ3v) is 5.74. The van der Waals surface area contributed by atoms with Gasteiger partial charge in [0.2, 0.25) is 9.05 Å². The molecule has 6 nitrogen and oxygen atoms in total. The Labute approximate surface area is 55.0 Å². The molecule has 0 spiro atoms. The summed E-state index contributed by atoms with van der Waals surface area (Å²) in [5.41, 5.74) is 0. The second-order valence-corrected chi connectivity index (χ2v) is 8.14. The second kappa shape index (κ2) is 2.62. The average molecular weight is 198 g/mol. The zero-order valence-electron chi connectivity index (χ0n) is 3.91. The summed E-state index contributed by atoms with van der Waals surface area (Å²) in [7, 11) is -10.1. The van der Waals surface area contributed by atoms with Crippen molar-refractivity contribution in [3.05, 3.63) is 0 Å². The van der Waals surface area contributed by atoms with Gasteiger partial charge in [-0.15, -0.1) is 0 Å². The maximum absolute atomic E-state index is 9.83. The topological polar surface area (TPSA) is 115 Å². The van der Waals surface area contributed by atoms with Gasteiger partial charge in [0.25, 0.3) is 0 Å². The molecule has 9 heavy (non-hydrogen) atoms. The van der Waals surface area contributed by atoms with Crippen molar-refractivity contribution in [2.45, 2.75) is 0 Å². The van der Waals surface area contributed by atoms with Crippen LogP contribution in [0.1, 0.15) is 0 Å². The van der Waals surface area contributed by atoms with Crippen LogP contribution in [0.5, 0.6) is 0 Å². The van der Waals surface area contributed by atoms with Crippen LogP contribution in [0.15, 0.2) is 0 Å². The summed E-state index contributed by atoms with van der Waals surface area (Å²) in [6.45, 7) is 0. The molecule has 4 N–H and O–H groups in total. The Hall–Kier alpha value is 0.490. The zero-order chi connectivity index (χ0) is 7.71. The summed E-state index contributed by atoms with van der Waals surface area (Å²) >= 11 is 0. The Kier molecular flexibility index (Phi) is 2.76. The molecule has 0 saturated carbocycles. The van der Waals surface area contributed by atoms with Gasteiger partial charge >= 0.3 is 0 Å². The predicted octanol–water partition coefficient (Wildman–Crippen LogP) is -1.18. The third kappa shape index (κ3) is 8.49. The molecule has 0 aliphatic heterocycles. The molecule has 0 aliphatic carbocycles. The molecule has 0 bridgehead atoms. The standard InChI is InChI=1S/H6O6S3/c1-8(2,3)7-9(4,5)6/h7-8H,(H2,1,2,3)(H2,4,5,6). The lowest BCUT2D eigenvalue weighted by Crippen LogP contribution is -2.10. The smallest absolute Gasteiger partial charge is 0.234 e. The van der Waals surface area contributed by atoms with Crippen molar-refractivity contribution < 1.29 is 26.6 Å². The molecule has 0 amide bonds. The van der Waals surface area contributed by atoms with Crippen LogP contribution in [-0.2, 0) is 27.9 Å². The first kappa shape index (κ1) is 9.49. The van der Waals surface area contributed by atoms with Gasteiger partial charge in [-0.25, -0.2) is 8.42 Å². The Balaban J connectivity index is 4.76. The Morgan fingerprint density at radius 2 is 1.67 bits per heavy atom. The zero-order valence-corrected chi connectivity index (χ0v) is 6.51. The molecule has 0 atom stereocenters. The van der Waals surface area contributed by atoms with Crippen molar-refractivity contribution >= 4 is 27.9 Å². The van der Waals surface area contributed by atoms with E-state index in [2.05, 4.69) is 0 Å². The van der Waals surface area contributed by atoms with Gasteiger partial charge in [-0.3, -0.25) is 9.11 Å². The van der Waals surface area contributed by atoms with Crippen molar-refractivity contribution in [2.24, 2.45) is 0 Å². The van der Waals surface area contributed by atoms with Crippen LogP contribution < -0.4 is 0 Å². The van der Waals surface area contributed by atoms with E-state index in [1.54, 1.807) is 0 Å². The van der Waals surface area contributed by atoms with Gasteiger partial charge < -0.3 is 9.11 Å². The molecule has 9 heteroatoms. The van der Waals surface area contributed by atoms with Gasteiger partial charge in [-0.2, -0.15) is 0 Å². The van der Waals surface area contributed by atoms with E-state index in [1.165, 1.54) is 0 Å². The lowest BCUT2D eigenvalue weighted by atomic mass is 15.8. The first-order valence-corrected chi connectivity index (χ1v) is 6.79. The number of hydrogen-bond acceptors (Lipinski definition) is 2. The maximum Gasteiger partial charge on any atom is 0.234 e. The predicted molar refractivity (Wildman–Crippen MR) is 37.0 cm³/mol. The first-order valence-electron chi connectivity index (χ1n) is 1.50. The normalized spacial score (nSPS) is 15.6. The average Bonchev–Trinajstić information content (AvgIpc) is 1.14. The molecule has 60 valence electrons. The Morgan fingerprint density at radius 3 is 1.67 bits per heavy atom. The van der Waals surface area contributed by atoms with Crippen molar-refractivity contribution in [3.8, 4) is 0 Å². The van der Waals surface area contributed by atoms with Crippen LogP contribution in [0.3, 0.4) is 0 Å². The highest BCUT2D eigenvalue weighted by atomic mass is 33.4. The minimum absolute atomic E-state index is 1.16. The van der Waals surface area contributed by atoms with Crippen molar-refractivity contribution in [3.63, 3.8) is 0 Å². The molecule has 0 aromatic carbocycles. The summed E-state index contributed by atoms with van der Waals surface area (Å²) in [4.78, 5) is 0. The highest BCUT2D eigenvalue weighted by molar-refractivity contribution is 8.76. The van der Waals surface area contributed by atoms with E-state index in [9.17, 15) is 8.42 Å². The molecule has 0 aliphatic rings. The van der Waals surface area contributed by atoms with E-state index in [-0.39, 0.29) is 0 Å². The summed E-state index contributed by atoms with van der Waals surface area (Å²) in [5, 5.41) is 0. The van der Waals surface area contributed by atoms with Gasteiger partial charge in [0.05, 0.1) is 0 Å². The second-order valence-electron chi connectivity index (χ2n) is 1.06. The summed E-state index contributed by atoms with van der Waals surface area (Å²) < 4.78 is 51.4. The minimum Gasteiger partial charge on any atom is -0.302 e. The fourth-order valence-corrected chi connectivity index (χ4v) is 3.74. The summed E-state index contributed by atoms with van der Waals surface area (Å²) in [6.07, 6.45) is 0. The van der Waals surface area contributed by atoms with E-state index in [0.29, 0.717) is 0 Å². The highest BCUT2D eigenvalue weighted by Gasteiger charge is 2.01. The quantitative estimate of drug-likeness (QED) is 0.233. The van der Waals surface area contributed by atoms with Gasteiger partial charge in [-0.05, 0) is 0 Å². The molecule has 0 unspecified atom stereocenters. The molecular weight excluding hydrogens is 192 g/mol. The van der Waals surface area contributed by atoms with Gasteiger partial charge in [-0.1, -0.05) is 0 Å².